The number of aryl methyl sites for hydroxylation is 1. The first-order chi connectivity index (χ1) is 14.6. The van der Waals surface area contributed by atoms with Gasteiger partial charge in [0.2, 0.25) is 0 Å². The van der Waals surface area contributed by atoms with Crippen LogP contribution in [0.25, 0.3) is 22.5 Å². The molecule has 2 aromatic heterocycles. The first-order valence-electron chi connectivity index (χ1n) is 9.32. The molecule has 31 heavy (non-hydrogen) atoms. The van der Waals surface area contributed by atoms with Gasteiger partial charge >= 0.3 is 6.18 Å². The van der Waals surface area contributed by atoms with Crippen LogP contribution >= 0.6 is 0 Å². The maximum atomic E-state index is 13.4. The highest BCUT2D eigenvalue weighted by atomic mass is 19.4. The zero-order chi connectivity index (χ0) is 22.6. The molecule has 0 bridgehead atoms. The van der Waals surface area contributed by atoms with Crippen molar-refractivity contribution in [1.29, 1.82) is 0 Å². The lowest BCUT2D eigenvalue weighted by Gasteiger charge is -2.04. The monoisotopic (exact) mass is 433 g/mol. The SMILES string of the molecule is C=C(O)C(F)(F)F.O=C1NCCCc2[nH]c(-c3ccnc(-c4cccc(F)c4)c3)cc21. The Balaban J connectivity index is 0.000000339. The Morgan fingerprint density at radius 1 is 1.13 bits per heavy atom. The summed E-state index contributed by atoms with van der Waals surface area (Å²) in [5.74, 6) is -2.08. The van der Waals surface area contributed by atoms with Crippen molar-refractivity contribution in [2.24, 2.45) is 0 Å². The summed E-state index contributed by atoms with van der Waals surface area (Å²) in [5.41, 5.74) is 4.88. The highest BCUT2D eigenvalue weighted by Crippen LogP contribution is 2.27. The molecule has 1 aliphatic heterocycles. The maximum Gasteiger partial charge on any atom is 0.448 e. The summed E-state index contributed by atoms with van der Waals surface area (Å²) in [5, 5.41) is 10.5. The predicted molar refractivity (Wildman–Crippen MR) is 108 cm³/mol. The van der Waals surface area contributed by atoms with Crippen LogP contribution in [0.2, 0.25) is 0 Å². The van der Waals surface area contributed by atoms with E-state index in [1.807, 2.05) is 24.3 Å². The molecule has 3 N–H and O–H groups in total. The number of nitrogens with one attached hydrogen (secondary N) is 2. The molecule has 1 aromatic carbocycles. The van der Waals surface area contributed by atoms with Crippen molar-refractivity contribution >= 4 is 5.91 Å². The van der Waals surface area contributed by atoms with Gasteiger partial charge in [-0.25, -0.2) is 4.39 Å². The minimum absolute atomic E-state index is 0.0376. The van der Waals surface area contributed by atoms with Crippen molar-refractivity contribution < 1.29 is 27.5 Å². The fraction of sp³-hybridized carbons (Fsp3) is 0.182. The Morgan fingerprint density at radius 2 is 1.87 bits per heavy atom. The highest BCUT2D eigenvalue weighted by molar-refractivity contribution is 5.97. The number of H-pyrrole nitrogens is 1. The molecule has 5 nitrogen and oxygen atoms in total. The number of aliphatic hydroxyl groups excluding tert-OH is 1. The molecule has 0 fully saturated rings. The molecule has 0 atom stereocenters. The number of nitrogens with zero attached hydrogens (tertiary/aromatic N) is 1. The van der Waals surface area contributed by atoms with Crippen molar-refractivity contribution in [3.63, 3.8) is 0 Å². The van der Waals surface area contributed by atoms with Crippen LogP contribution in [0.1, 0.15) is 22.5 Å². The molecular formula is C22H19F4N3O2. The third-order valence-corrected chi connectivity index (χ3v) is 4.55. The Bertz CT molecular complexity index is 1110. The number of allylic oxidation sites excluding steroid dienone is 1. The summed E-state index contributed by atoms with van der Waals surface area (Å²) >= 11 is 0. The Morgan fingerprint density at radius 3 is 2.55 bits per heavy atom. The van der Waals surface area contributed by atoms with Crippen LogP contribution in [-0.4, -0.2) is 33.7 Å². The highest BCUT2D eigenvalue weighted by Gasteiger charge is 2.31. The van der Waals surface area contributed by atoms with Crippen LogP contribution in [0.4, 0.5) is 17.6 Å². The number of amides is 1. The van der Waals surface area contributed by atoms with E-state index in [1.54, 1.807) is 12.3 Å². The molecule has 9 heteroatoms. The van der Waals surface area contributed by atoms with E-state index in [4.69, 9.17) is 5.11 Å². The first-order valence-corrected chi connectivity index (χ1v) is 9.32. The maximum absolute atomic E-state index is 13.4. The fourth-order valence-corrected chi connectivity index (χ4v) is 3.02. The van der Waals surface area contributed by atoms with Crippen molar-refractivity contribution in [3.8, 4) is 22.5 Å². The number of aromatic nitrogens is 2. The van der Waals surface area contributed by atoms with E-state index in [1.165, 1.54) is 12.1 Å². The second-order valence-corrected chi connectivity index (χ2v) is 6.82. The summed E-state index contributed by atoms with van der Waals surface area (Å²) in [4.78, 5) is 19.8. The molecule has 0 saturated carbocycles. The fourth-order valence-electron chi connectivity index (χ4n) is 3.02. The first kappa shape index (κ1) is 22.1. The number of benzene rings is 1. The topological polar surface area (TPSA) is 78.0 Å². The minimum atomic E-state index is -4.64. The van der Waals surface area contributed by atoms with E-state index in [0.29, 0.717) is 17.8 Å². The predicted octanol–water partition coefficient (Wildman–Crippen LogP) is 5.18. The second-order valence-electron chi connectivity index (χ2n) is 6.82. The Kier molecular flexibility index (Phi) is 6.43. The number of aromatic amines is 1. The molecule has 0 radical (unpaired) electrons. The zero-order valence-corrected chi connectivity index (χ0v) is 16.3. The number of hydrogen-bond donors (Lipinski definition) is 3. The smallest absolute Gasteiger partial charge is 0.448 e. The molecule has 0 unspecified atom stereocenters. The van der Waals surface area contributed by atoms with Crippen molar-refractivity contribution in [3.05, 3.63) is 78.1 Å². The number of halogens is 4. The Hall–Kier alpha value is -3.62. The quantitative estimate of drug-likeness (QED) is 0.385. The summed E-state index contributed by atoms with van der Waals surface area (Å²) in [6, 6.07) is 12.0. The van der Waals surface area contributed by atoms with Gasteiger partial charge in [0.05, 0.1) is 11.3 Å². The van der Waals surface area contributed by atoms with E-state index in [0.717, 1.165) is 35.4 Å². The number of rotatable bonds is 2. The zero-order valence-electron chi connectivity index (χ0n) is 16.3. The average molecular weight is 433 g/mol. The summed E-state index contributed by atoms with van der Waals surface area (Å²) in [6.45, 7) is 2.96. The van der Waals surface area contributed by atoms with Crippen LogP contribution in [-0.2, 0) is 6.42 Å². The molecule has 162 valence electrons. The van der Waals surface area contributed by atoms with E-state index in [-0.39, 0.29) is 11.7 Å². The lowest BCUT2D eigenvalue weighted by atomic mass is 10.1. The number of hydrogen-bond acceptors (Lipinski definition) is 3. The van der Waals surface area contributed by atoms with Gasteiger partial charge in [-0.05, 0) is 43.2 Å². The largest absolute Gasteiger partial charge is 0.505 e. The number of fused-ring (bicyclic) bond motifs is 1. The molecule has 0 aliphatic carbocycles. The van der Waals surface area contributed by atoms with Gasteiger partial charge in [-0.15, -0.1) is 0 Å². The minimum Gasteiger partial charge on any atom is -0.505 e. The van der Waals surface area contributed by atoms with Gasteiger partial charge < -0.3 is 15.4 Å². The van der Waals surface area contributed by atoms with Gasteiger partial charge in [0, 0.05) is 35.3 Å². The second kappa shape index (κ2) is 9.03. The molecule has 0 spiro atoms. The standard InChI is InChI=1S/C19H16FN3O.C3H3F3O/c20-14-4-1-3-12(9-14)17-10-13(6-8-21-17)18-11-15-16(23-18)5-2-7-22-19(15)24;1-2(7)3(4,5)6/h1,3-4,6,8-11,23H,2,5,7H2,(H,22,24);7H,1H2. The molecule has 3 aromatic rings. The normalized spacial score (nSPS) is 13.4. The van der Waals surface area contributed by atoms with Gasteiger partial charge in [-0.3, -0.25) is 9.78 Å². The lowest BCUT2D eigenvalue weighted by molar-refractivity contribution is -0.119. The van der Waals surface area contributed by atoms with E-state index >= 15 is 0 Å². The van der Waals surface area contributed by atoms with Gasteiger partial charge in [-0.1, -0.05) is 18.7 Å². The summed E-state index contributed by atoms with van der Waals surface area (Å²) in [7, 11) is 0. The van der Waals surface area contributed by atoms with Gasteiger partial charge in [0.25, 0.3) is 5.91 Å². The number of alkyl halides is 3. The van der Waals surface area contributed by atoms with Crippen LogP contribution in [0, 0.1) is 5.82 Å². The number of carbonyl (C=O) groups is 1. The third kappa shape index (κ3) is 5.50. The molecule has 1 amide bonds. The van der Waals surface area contributed by atoms with Crippen molar-refractivity contribution in [1.82, 2.24) is 15.3 Å². The number of carbonyl (C=O) groups excluding carboxylic acids is 1. The Labute approximate surface area is 175 Å². The summed E-state index contributed by atoms with van der Waals surface area (Å²) in [6.07, 6.45) is -1.18. The van der Waals surface area contributed by atoms with Gasteiger partial charge in [0.15, 0.2) is 5.76 Å². The van der Waals surface area contributed by atoms with Gasteiger partial charge in [0.1, 0.15) is 5.82 Å². The number of pyridine rings is 1. The molecule has 3 heterocycles. The van der Waals surface area contributed by atoms with Gasteiger partial charge in [-0.2, -0.15) is 13.2 Å². The van der Waals surface area contributed by atoms with E-state index in [9.17, 15) is 22.4 Å². The van der Waals surface area contributed by atoms with Crippen LogP contribution in [0.5, 0.6) is 0 Å². The molecule has 4 rings (SSSR count). The summed E-state index contributed by atoms with van der Waals surface area (Å²) < 4.78 is 45.9. The van der Waals surface area contributed by atoms with Crippen LogP contribution in [0.15, 0.2) is 61.0 Å². The number of aliphatic hydroxyl groups is 1. The van der Waals surface area contributed by atoms with Crippen LogP contribution < -0.4 is 5.32 Å². The van der Waals surface area contributed by atoms with Crippen LogP contribution in [0.3, 0.4) is 0 Å². The lowest BCUT2D eigenvalue weighted by Crippen LogP contribution is -2.22. The third-order valence-electron chi connectivity index (χ3n) is 4.55. The average Bonchev–Trinajstić information content (AvgIpc) is 3.08. The van der Waals surface area contributed by atoms with E-state index < -0.39 is 11.9 Å². The molecule has 1 aliphatic rings. The molecule has 0 saturated heterocycles. The molecular weight excluding hydrogens is 414 g/mol. The van der Waals surface area contributed by atoms with Crippen molar-refractivity contribution in [2.75, 3.05) is 6.54 Å². The van der Waals surface area contributed by atoms with Crippen molar-refractivity contribution in [2.45, 2.75) is 19.0 Å². The van der Waals surface area contributed by atoms with E-state index in [2.05, 4.69) is 21.9 Å².